The minimum absolute atomic E-state index is 0.462. The van der Waals surface area contributed by atoms with Crippen LogP contribution in [0.15, 0.2) is 60.7 Å². The van der Waals surface area contributed by atoms with Crippen molar-refractivity contribution in [3.8, 4) is 0 Å². The predicted molar refractivity (Wildman–Crippen MR) is 130 cm³/mol. The molecule has 2 aromatic carbocycles. The number of likely N-dealkylation sites (tertiary alicyclic amines) is 2. The molecule has 3 fully saturated rings. The summed E-state index contributed by atoms with van der Waals surface area (Å²) in [7, 11) is 0. The molecule has 2 unspecified atom stereocenters. The fourth-order valence-corrected chi connectivity index (χ4v) is 5.65. The lowest BCUT2D eigenvalue weighted by Gasteiger charge is -2.40. The Morgan fingerprint density at radius 3 is 2.19 bits per heavy atom. The van der Waals surface area contributed by atoms with Crippen LogP contribution in [0.3, 0.4) is 0 Å². The van der Waals surface area contributed by atoms with Gasteiger partial charge in [-0.2, -0.15) is 0 Å². The zero-order chi connectivity index (χ0) is 21.8. The Hall–Kier alpha value is -1.75. The fraction of sp³-hybridized carbons (Fsp3) is 0.571. The van der Waals surface area contributed by atoms with E-state index in [1.165, 1.54) is 37.1 Å². The van der Waals surface area contributed by atoms with Gasteiger partial charge in [0.2, 0.25) is 0 Å². The molecule has 0 spiro atoms. The van der Waals surface area contributed by atoms with Gasteiger partial charge in [0.05, 0.1) is 0 Å². The van der Waals surface area contributed by atoms with Gasteiger partial charge in [-0.25, -0.2) is 4.39 Å². The predicted octanol–water partition coefficient (Wildman–Crippen LogP) is 4.85. The number of rotatable bonds is 8. The molecule has 2 heterocycles. The lowest BCUT2D eigenvalue weighted by atomic mass is 9.90. The van der Waals surface area contributed by atoms with Gasteiger partial charge in [0, 0.05) is 44.7 Å². The summed E-state index contributed by atoms with van der Waals surface area (Å²) in [6.07, 6.45) is 5.04. The van der Waals surface area contributed by atoms with Gasteiger partial charge in [-0.15, -0.1) is 0 Å². The molecule has 0 aromatic heterocycles. The Balaban J connectivity index is 0.992. The Morgan fingerprint density at radius 1 is 0.844 bits per heavy atom. The van der Waals surface area contributed by atoms with Crippen molar-refractivity contribution in [2.24, 2.45) is 5.92 Å². The molecule has 172 valence electrons. The van der Waals surface area contributed by atoms with E-state index in [0.717, 1.165) is 38.5 Å². The number of nitrogens with one attached hydrogen (secondary N) is 1. The lowest BCUT2D eigenvalue weighted by Crippen LogP contribution is -2.49. The number of hydrogen-bond donors (Lipinski definition) is 1. The van der Waals surface area contributed by atoms with Crippen molar-refractivity contribution in [1.29, 1.82) is 0 Å². The van der Waals surface area contributed by atoms with E-state index in [9.17, 15) is 0 Å². The summed E-state index contributed by atoms with van der Waals surface area (Å²) in [4.78, 5) is 5.11. The van der Waals surface area contributed by atoms with Gasteiger partial charge < -0.3 is 10.2 Å². The van der Waals surface area contributed by atoms with Crippen molar-refractivity contribution in [3.05, 3.63) is 71.8 Å². The highest BCUT2D eigenvalue weighted by molar-refractivity contribution is 5.27. The molecule has 3 aliphatic rings. The third-order valence-electron chi connectivity index (χ3n) is 7.92. The van der Waals surface area contributed by atoms with Gasteiger partial charge in [0.15, 0.2) is 0 Å². The van der Waals surface area contributed by atoms with Crippen LogP contribution in [0, 0.1) is 5.92 Å². The van der Waals surface area contributed by atoms with Crippen LogP contribution < -0.4 is 5.32 Å². The minimum atomic E-state index is -1.03. The van der Waals surface area contributed by atoms with Crippen molar-refractivity contribution in [3.63, 3.8) is 0 Å². The van der Waals surface area contributed by atoms with E-state index in [1.54, 1.807) is 0 Å². The van der Waals surface area contributed by atoms with Gasteiger partial charge in [-0.05, 0) is 62.2 Å². The first-order valence-corrected chi connectivity index (χ1v) is 12.6. The van der Waals surface area contributed by atoms with E-state index in [4.69, 9.17) is 0 Å². The molecule has 1 N–H and O–H groups in total. The van der Waals surface area contributed by atoms with E-state index in [-0.39, 0.29) is 0 Å². The standard InChI is InChI=1S/C28H38FN3/c29-28(22-30-27-19-26(27)25-9-5-2-6-10-25)13-17-32(18-14-28)21-24-11-15-31(16-12-24)20-23-7-3-1-4-8-23/h1-10,24,26-27,30H,11-22H2. The van der Waals surface area contributed by atoms with Crippen LogP contribution in [0.1, 0.15) is 49.1 Å². The molecule has 0 bridgehead atoms. The number of halogens is 1. The van der Waals surface area contributed by atoms with Crippen LogP contribution in [0.5, 0.6) is 0 Å². The summed E-state index contributed by atoms with van der Waals surface area (Å²) >= 11 is 0. The van der Waals surface area contributed by atoms with Crippen LogP contribution >= 0.6 is 0 Å². The maximum Gasteiger partial charge on any atom is 0.125 e. The normalized spacial score (nSPS) is 26.8. The SMILES string of the molecule is FC1(CNC2CC2c2ccccc2)CCN(CC2CCN(Cc3ccccc3)CC2)CC1. The molecular weight excluding hydrogens is 397 g/mol. The average Bonchev–Trinajstić information content (AvgIpc) is 3.62. The zero-order valence-electron chi connectivity index (χ0n) is 19.3. The summed E-state index contributed by atoms with van der Waals surface area (Å²) < 4.78 is 15.4. The van der Waals surface area contributed by atoms with Gasteiger partial charge >= 0.3 is 0 Å². The van der Waals surface area contributed by atoms with Crippen molar-refractivity contribution >= 4 is 0 Å². The maximum absolute atomic E-state index is 15.4. The number of benzene rings is 2. The summed E-state index contributed by atoms with van der Waals surface area (Å²) in [5.41, 5.74) is 1.78. The van der Waals surface area contributed by atoms with Crippen LogP contribution in [0.25, 0.3) is 0 Å². The van der Waals surface area contributed by atoms with E-state index in [1.807, 2.05) is 0 Å². The lowest BCUT2D eigenvalue weighted by molar-refractivity contribution is 0.0434. The first kappa shape index (κ1) is 22.1. The smallest absolute Gasteiger partial charge is 0.125 e. The molecule has 5 rings (SSSR count). The van der Waals surface area contributed by atoms with E-state index in [2.05, 4.69) is 75.8 Å². The molecule has 3 nitrogen and oxygen atoms in total. The monoisotopic (exact) mass is 435 g/mol. The van der Waals surface area contributed by atoms with E-state index >= 15 is 4.39 Å². The molecule has 2 atom stereocenters. The van der Waals surface area contributed by atoms with Crippen molar-refractivity contribution in [2.45, 2.75) is 56.3 Å². The molecule has 32 heavy (non-hydrogen) atoms. The molecule has 2 saturated heterocycles. The Labute approximate surface area is 193 Å². The average molecular weight is 436 g/mol. The van der Waals surface area contributed by atoms with E-state index < -0.39 is 5.67 Å². The number of nitrogens with zero attached hydrogens (tertiary/aromatic N) is 2. The quantitative estimate of drug-likeness (QED) is 0.640. The molecule has 0 radical (unpaired) electrons. The fourth-order valence-electron chi connectivity index (χ4n) is 5.65. The maximum atomic E-state index is 15.4. The second-order valence-corrected chi connectivity index (χ2v) is 10.4. The zero-order valence-corrected chi connectivity index (χ0v) is 19.3. The highest BCUT2D eigenvalue weighted by Gasteiger charge is 2.41. The second kappa shape index (κ2) is 10.0. The Bertz CT molecular complexity index is 826. The van der Waals surface area contributed by atoms with Crippen LogP contribution in [0.2, 0.25) is 0 Å². The molecule has 1 aliphatic carbocycles. The molecule has 0 amide bonds. The summed E-state index contributed by atoms with van der Waals surface area (Å²) in [6, 6.07) is 21.9. The van der Waals surface area contributed by atoms with Gasteiger partial charge in [0.1, 0.15) is 5.67 Å². The van der Waals surface area contributed by atoms with Crippen LogP contribution in [0.4, 0.5) is 4.39 Å². The van der Waals surface area contributed by atoms with Gasteiger partial charge in [-0.3, -0.25) is 4.90 Å². The first-order chi connectivity index (χ1) is 15.7. The summed E-state index contributed by atoms with van der Waals surface area (Å²) in [5.74, 6) is 1.35. The molecule has 4 heteroatoms. The van der Waals surface area contributed by atoms with Crippen molar-refractivity contribution < 1.29 is 4.39 Å². The number of alkyl halides is 1. The largest absolute Gasteiger partial charge is 0.310 e. The van der Waals surface area contributed by atoms with Crippen molar-refractivity contribution in [2.75, 3.05) is 39.3 Å². The molecule has 2 aliphatic heterocycles. The number of piperidine rings is 2. The first-order valence-electron chi connectivity index (χ1n) is 12.6. The third kappa shape index (κ3) is 5.78. The summed E-state index contributed by atoms with van der Waals surface area (Å²) in [6.45, 7) is 6.95. The van der Waals surface area contributed by atoms with Crippen LogP contribution in [-0.4, -0.2) is 60.8 Å². The van der Waals surface area contributed by atoms with E-state index in [0.29, 0.717) is 31.3 Å². The minimum Gasteiger partial charge on any atom is -0.310 e. The highest BCUT2D eigenvalue weighted by atomic mass is 19.1. The van der Waals surface area contributed by atoms with Gasteiger partial charge in [0.25, 0.3) is 0 Å². The second-order valence-electron chi connectivity index (χ2n) is 10.4. The topological polar surface area (TPSA) is 18.5 Å². The Kier molecular flexibility index (Phi) is 6.91. The van der Waals surface area contributed by atoms with Crippen molar-refractivity contribution in [1.82, 2.24) is 15.1 Å². The third-order valence-corrected chi connectivity index (χ3v) is 7.92. The Morgan fingerprint density at radius 2 is 1.50 bits per heavy atom. The highest BCUT2D eigenvalue weighted by Crippen LogP contribution is 2.41. The van der Waals surface area contributed by atoms with Gasteiger partial charge in [-0.1, -0.05) is 60.7 Å². The summed E-state index contributed by atoms with van der Waals surface area (Å²) in [5, 5.41) is 3.54. The molecule has 1 saturated carbocycles. The van der Waals surface area contributed by atoms with Crippen LogP contribution in [-0.2, 0) is 6.54 Å². The molecule has 2 aromatic rings. The number of hydrogen-bond acceptors (Lipinski definition) is 3. The molecular formula is C28H38FN3.